The van der Waals surface area contributed by atoms with Gasteiger partial charge in [-0.1, -0.05) is 32.1 Å². The Balaban J connectivity index is 1.72. The van der Waals surface area contributed by atoms with Gasteiger partial charge in [-0.2, -0.15) is 0 Å². The van der Waals surface area contributed by atoms with Gasteiger partial charge < -0.3 is 15.5 Å². The van der Waals surface area contributed by atoms with Crippen LogP contribution in [0, 0.1) is 5.92 Å². The highest BCUT2D eigenvalue weighted by Crippen LogP contribution is 2.29. The lowest BCUT2D eigenvalue weighted by Crippen LogP contribution is -2.51. The van der Waals surface area contributed by atoms with Crippen LogP contribution in [0.5, 0.6) is 0 Å². The van der Waals surface area contributed by atoms with Crippen molar-refractivity contribution in [1.82, 2.24) is 5.32 Å². The van der Waals surface area contributed by atoms with E-state index in [1.54, 1.807) is 0 Å². The highest BCUT2D eigenvalue weighted by atomic mass is 16.3. The molecule has 3 unspecified atom stereocenters. The molecule has 17 heavy (non-hydrogen) atoms. The fourth-order valence-corrected chi connectivity index (χ4v) is 3.38. The van der Waals surface area contributed by atoms with Crippen LogP contribution in [0.1, 0.15) is 57.8 Å². The van der Waals surface area contributed by atoms with Crippen LogP contribution < -0.4 is 5.32 Å². The van der Waals surface area contributed by atoms with Crippen molar-refractivity contribution in [2.75, 3.05) is 6.61 Å². The predicted molar refractivity (Wildman–Crippen MR) is 68.8 cm³/mol. The summed E-state index contributed by atoms with van der Waals surface area (Å²) in [6.07, 6.45) is 10.8. The molecule has 3 nitrogen and oxygen atoms in total. The molecule has 1 heterocycles. The molecule has 0 bridgehead atoms. The molecule has 2 rings (SSSR count). The average Bonchev–Trinajstić information content (AvgIpc) is 2.39. The van der Waals surface area contributed by atoms with E-state index in [0.29, 0.717) is 0 Å². The Morgan fingerprint density at radius 3 is 2.41 bits per heavy atom. The highest BCUT2D eigenvalue weighted by Gasteiger charge is 2.28. The molecule has 0 spiro atoms. The van der Waals surface area contributed by atoms with E-state index in [1.165, 1.54) is 38.5 Å². The molecule has 0 amide bonds. The zero-order valence-electron chi connectivity index (χ0n) is 10.8. The number of rotatable bonds is 4. The van der Waals surface area contributed by atoms with Crippen LogP contribution in [0.25, 0.3) is 0 Å². The maximum atomic E-state index is 9.97. The number of hydrogen-bond acceptors (Lipinski definition) is 3. The Labute approximate surface area is 105 Å². The summed E-state index contributed by atoms with van der Waals surface area (Å²) in [5.41, 5.74) is 0. The van der Waals surface area contributed by atoms with Crippen LogP contribution in [0.2, 0.25) is 0 Å². The van der Waals surface area contributed by atoms with Gasteiger partial charge in [0.15, 0.2) is 0 Å². The molecule has 3 atom stereocenters. The second-order valence-corrected chi connectivity index (χ2v) is 5.88. The molecule has 2 fully saturated rings. The Morgan fingerprint density at radius 1 is 0.941 bits per heavy atom. The molecule has 0 aromatic heterocycles. The first-order chi connectivity index (χ1) is 8.29. The lowest BCUT2D eigenvalue weighted by Gasteiger charge is -2.35. The van der Waals surface area contributed by atoms with Gasteiger partial charge in [-0.25, -0.2) is 0 Å². The minimum atomic E-state index is -0.207. The molecular weight excluding hydrogens is 214 g/mol. The Morgan fingerprint density at radius 2 is 1.71 bits per heavy atom. The maximum Gasteiger partial charge on any atom is 0.0693 e. The second kappa shape index (κ2) is 6.72. The first kappa shape index (κ1) is 13.3. The standard InChI is InChI=1S/C14H27NO2/c16-10-12-7-9-14(17)13(15-12)8-6-11-4-2-1-3-5-11/h11-17H,1-10H2. The largest absolute Gasteiger partial charge is 0.395 e. The van der Waals surface area contributed by atoms with Crippen LogP contribution in [0.15, 0.2) is 0 Å². The number of aliphatic hydroxyl groups is 2. The maximum absolute atomic E-state index is 9.97. The summed E-state index contributed by atoms with van der Waals surface area (Å²) >= 11 is 0. The summed E-state index contributed by atoms with van der Waals surface area (Å²) in [4.78, 5) is 0. The van der Waals surface area contributed by atoms with Crippen molar-refractivity contribution >= 4 is 0 Å². The summed E-state index contributed by atoms with van der Waals surface area (Å²) in [6, 6.07) is 0.414. The molecule has 3 heteroatoms. The van der Waals surface area contributed by atoms with Crippen LogP contribution in [-0.4, -0.2) is 35.0 Å². The van der Waals surface area contributed by atoms with Crippen molar-refractivity contribution in [1.29, 1.82) is 0 Å². The fourth-order valence-electron chi connectivity index (χ4n) is 3.38. The predicted octanol–water partition coefficient (Wildman–Crippen LogP) is 1.82. The summed E-state index contributed by atoms with van der Waals surface area (Å²) < 4.78 is 0. The van der Waals surface area contributed by atoms with Crippen LogP contribution in [0.3, 0.4) is 0 Å². The highest BCUT2D eigenvalue weighted by molar-refractivity contribution is 4.87. The molecule has 1 aliphatic carbocycles. The minimum absolute atomic E-state index is 0.201. The quantitative estimate of drug-likeness (QED) is 0.704. The smallest absolute Gasteiger partial charge is 0.0693 e. The van der Waals surface area contributed by atoms with E-state index in [2.05, 4.69) is 5.32 Å². The lowest BCUT2D eigenvalue weighted by atomic mass is 9.83. The molecule has 100 valence electrons. The van der Waals surface area contributed by atoms with Crippen molar-refractivity contribution in [3.63, 3.8) is 0 Å². The lowest BCUT2D eigenvalue weighted by molar-refractivity contribution is 0.0584. The first-order valence-electron chi connectivity index (χ1n) is 7.34. The third-order valence-corrected chi connectivity index (χ3v) is 4.56. The Bertz CT molecular complexity index is 216. The average molecular weight is 241 g/mol. The Hall–Kier alpha value is -0.120. The van der Waals surface area contributed by atoms with E-state index in [1.807, 2.05) is 0 Å². The topological polar surface area (TPSA) is 52.5 Å². The molecule has 0 aromatic rings. The van der Waals surface area contributed by atoms with Crippen molar-refractivity contribution in [2.24, 2.45) is 5.92 Å². The van der Waals surface area contributed by atoms with Crippen molar-refractivity contribution in [3.05, 3.63) is 0 Å². The third kappa shape index (κ3) is 3.94. The molecule has 3 N–H and O–H groups in total. The number of nitrogens with one attached hydrogen (secondary N) is 1. The zero-order chi connectivity index (χ0) is 12.1. The van der Waals surface area contributed by atoms with Gasteiger partial charge in [0.1, 0.15) is 0 Å². The van der Waals surface area contributed by atoms with Crippen molar-refractivity contribution in [2.45, 2.75) is 76.0 Å². The first-order valence-corrected chi connectivity index (χ1v) is 7.34. The van der Waals surface area contributed by atoms with E-state index in [9.17, 15) is 5.11 Å². The Kier molecular flexibility index (Phi) is 5.26. The molecule has 0 radical (unpaired) electrons. The molecule has 1 saturated heterocycles. The second-order valence-electron chi connectivity index (χ2n) is 5.88. The number of piperidine rings is 1. The molecule has 1 saturated carbocycles. The monoisotopic (exact) mass is 241 g/mol. The van der Waals surface area contributed by atoms with Crippen LogP contribution in [-0.2, 0) is 0 Å². The third-order valence-electron chi connectivity index (χ3n) is 4.56. The summed E-state index contributed by atoms with van der Waals surface area (Å²) in [5, 5.41) is 22.5. The zero-order valence-corrected chi connectivity index (χ0v) is 10.8. The van der Waals surface area contributed by atoms with Crippen LogP contribution in [0.4, 0.5) is 0 Å². The van der Waals surface area contributed by atoms with E-state index in [4.69, 9.17) is 5.11 Å². The SMILES string of the molecule is OCC1CCC(O)C(CCC2CCCCC2)N1. The normalized spacial score (nSPS) is 36.0. The van der Waals surface area contributed by atoms with Crippen LogP contribution >= 0.6 is 0 Å². The molecular formula is C14H27NO2. The minimum Gasteiger partial charge on any atom is -0.395 e. The van der Waals surface area contributed by atoms with Crippen molar-refractivity contribution in [3.8, 4) is 0 Å². The van der Waals surface area contributed by atoms with Gasteiger partial charge in [-0.15, -0.1) is 0 Å². The van der Waals surface area contributed by atoms with Crippen molar-refractivity contribution < 1.29 is 10.2 Å². The van der Waals surface area contributed by atoms with Gasteiger partial charge in [0.25, 0.3) is 0 Å². The van der Waals surface area contributed by atoms with Gasteiger partial charge >= 0.3 is 0 Å². The van der Waals surface area contributed by atoms with Gasteiger partial charge in [0.05, 0.1) is 12.7 Å². The van der Waals surface area contributed by atoms with Gasteiger partial charge in [0, 0.05) is 12.1 Å². The summed E-state index contributed by atoms with van der Waals surface area (Å²) in [5.74, 6) is 0.882. The van der Waals surface area contributed by atoms with E-state index < -0.39 is 0 Å². The van der Waals surface area contributed by atoms with E-state index >= 15 is 0 Å². The number of hydrogen-bond donors (Lipinski definition) is 3. The van der Waals surface area contributed by atoms with Gasteiger partial charge in [-0.05, 0) is 31.6 Å². The molecule has 2 aliphatic rings. The molecule has 1 aliphatic heterocycles. The van der Waals surface area contributed by atoms with E-state index in [-0.39, 0.29) is 24.8 Å². The van der Waals surface area contributed by atoms with E-state index in [0.717, 1.165) is 25.2 Å². The summed E-state index contributed by atoms with van der Waals surface area (Å²) in [7, 11) is 0. The van der Waals surface area contributed by atoms with Gasteiger partial charge in [-0.3, -0.25) is 0 Å². The van der Waals surface area contributed by atoms with Gasteiger partial charge in [0.2, 0.25) is 0 Å². The summed E-state index contributed by atoms with van der Waals surface area (Å²) in [6.45, 7) is 0.201. The number of aliphatic hydroxyl groups excluding tert-OH is 2. The molecule has 0 aromatic carbocycles. The fraction of sp³-hybridized carbons (Fsp3) is 1.00.